The third-order valence-electron chi connectivity index (χ3n) is 3.49. The molecule has 3 rings (SSSR count). The third-order valence-corrected chi connectivity index (χ3v) is 3.84. The van der Waals surface area contributed by atoms with Crippen LogP contribution in [0.4, 0.5) is 0 Å². The molecule has 0 saturated carbocycles. The minimum absolute atomic E-state index is 0.162. The Morgan fingerprint density at radius 1 is 1.29 bits per heavy atom. The van der Waals surface area contributed by atoms with Crippen LogP contribution in [0.25, 0.3) is 11.5 Å². The minimum Gasteiger partial charge on any atom is -0.461 e. The van der Waals surface area contributed by atoms with Gasteiger partial charge < -0.3 is 19.0 Å². The molecule has 2 heterocycles. The molecule has 0 aliphatic rings. The van der Waals surface area contributed by atoms with Crippen molar-refractivity contribution in [3.63, 3.8) is 0 Å². The van der Waals surface area contributed by atoms with E-state index in [-0.39, 0.29) is 24.2 Å². The predicted molar refractivity (Wildman–Crippen MR) is 87.7 cm³/mol. The summed E-state index contributed by atoms with van der Waals surface area (Å²) in [5.74, 6) is 0.526. The molecule has 124 valence electrons. The highest BCUT2D eigenvalue weighted by atomic mass is 35.5. The Morgan fingerprint density at radius 3 is 2.83 bits per heavy atom. The van der Waals surface area contributed by atoms with E-state index in [1.54, 1.807) is 25.3 Å². The SMILES string of the molecule is CO[C@H](CNC(=O)c1cc(-c2ccco2)on1)c1ccccc1Cl. The lowest BCUT2D eigenvalue weighted by Gasteiger charge is -2.17. The van der Waals surface area contributed by atoms with E-state index in [0.717, 1.165) is 5.56 Å². The van der Waals surface area contributed by atoms with Crippen LogP contribution in [0.1, 0.15) is 22.2 Å². The van der Waals surface area contributed by atoms with Crippen LogP contribution in [0.15, 0.2) is 57.7 Å². The Balaban J connectivity index is 1.65. The highest BCUT2D eigenvalue weighted by Gasteiger charge is 2.18. The van der Waals surface area contributed by atoms with Crippen molar-refractivity contribution in [1.82, 2.24) is 10.5 Å². The number of benzene rings is 1. The van der Waals surface area contributed by atoms with Crippen molar-refractivity contribution in [2.24, 2.45) is 0 Å². The molecule has 0 spiro atoms. The van der Waals surface area contributed by atoms with Gasteiger partial charge in [0, 0.05) is 30.3 Å². The van der Waals surface area contributed by atoms with Crippen molar-refractivity contribution in [2.45, 2.75) is 6.10 Å². The average Bonchev–Trinajstić information content (AvgIpc) is 3.28. The number of rotatable bonds is 6. The van der Waals surface area contributed by atoms with Crippen LogP contribution in [-0.2, 0) is 4.74 Å². The molecule has 0 bridgehead atoms. The zero-order valence-electron chi connectivity index (χ0n) is 12.9. The maximum atomic E-state index is 12.2. The number of ether oxygens (including phenoxy) is 1. The molecule has 0 aliphatic heterocycles. The van der Waals surface area contributed by atoms with Crippen molar-refractivity contribution in [3.05, 3.63) is 65.0 Å². The van der Waals surface area contributed by atoms with E-state index < -0.39 is 0 Å². The molecule has 1 atom stereocenters. The number of amides is 1. The molecule has 1 N–H and O–H groups in total. The molecule has 0 aliphatic carbocycles. The molecular weight excluding hydrogens is 332 g/mol. The smallest absolute Gasteiger partial charge is 0.273 e. The standard InChI is InChI=1S/C17H15ClN2O4/c1-22-16(11-5-2-3-6-12(11)18)10-19-17(21)13-9-15(24-20-13)14-7-4-8-23-14/h2-9,16H,10H2,1H3,(H,19,21)/t16-/m1/s1. The zero-order chi connectivity index (χ0) is 16.9. The number of nitrogens with zero attached hydrogens (tertiary/aromatic N) is 1. The molecule has 1 amide bonds. The Morgan fingerprint density at radius 2 is 2.12 bits per heavy atom. The number of methoxy groups -OCH3 is 1. The van der Waals surface area contributed by atoms with Crippen molar-refractivity contribution in [2.75, 3.05) is 13.7 Å². The maximum absolute atomic E-state index is 12.2. The Labute approximate surface area is 143 Å². The number of furan rings is 1. The molecule has 2 aromatic heterocycles. The number of hydrogen-bond donors (Lipinski definition) is 1. The van der Waals surface area contributed by atoms with Gasteiger partial charge >= 0.3 is 0 Å². The summed E-state index contributed by atoms with van der Waals surface area (Å²) >= 11 is 6.16. The summed E-state index contributed by atoms with van der Waals surface area (Å²) < 4.78 is 15.7. The van der Waals surface area contributed by atoms with Gasteiger partial charge in [-0.1, -0.05) is 35.0 Å². The van der Waals surface area contributed by atoms with Crippen molar-refractivity contribution >= 4 is 17.5 Å². The van der Waals surface area contributed by atoms with Crippen LogP contribution in [0.3, 0.4) is 0 Å². The first-order valence-corrected chi connectivity index (χ1v) is 7.63. The molecule has 7 heteroatoms. The fourth-order valence-corrected chi connectivity index (χ4v) is 2.51. The van der Waals surface area contributed by atoms with Gasteiger partial charge in [0.05, 0.1) is 6.26 Å². The summed E-state index contributed by atoms with van der Waals surface area (Å²) in [7, 11) is 1.56. The first kappa shape index (κ1) is 16.3. The highest BCUT2D eigenvalue weighted by Crippen LogP contribution is 2.25. The predicted octanol–water partition coefficient (Wildman–Crippen LogP) is 3.71. The summed E-state index contributed by atoms with van der Waals surface area (Å²) in [5, 5.41) is 7.09. The van der Waals surface area contributed by atoms with E-state index in [2.05, 4.69) is 10.5 Å². The molecular formula is C17H15ClN2O4. The quantitative estimate of drug-likeness (QED) is 0.736. The van der Waals surface area contributed by atoms with Crippen LogP contribution >= 0.6 is 11.6 Å². The fraction of sp³-hybridized carbons (Fsp3) is 0.176. The topological polar surface area (TPSA) is 77.5 Å². The van der Waals surface area contributed by atoms with E-state index in [0.29, 0.717) is 16.5 Å². The number of aromatic nitrogens is 1. The Hall–Kier alpha value is -2.57. The van der Waals surface area contributed by atoms with Gasteiger partial charge in [0.1, 0.15) is 6.10 Å². The van der Waals surface area contributed by atoms with Gasteiger partial charge in [0.15, 0.2) is 11.5 Å². The second-order valence-electron chi connectivity index (χ2n) is 5.01. The summed E-state index contributed by atoms with van der Waals surface area (Å²) in [5.41, 5.74) is 0.966. The van der Waals surface area contributed by atoms with Crippen molar-refractivity contribution in [3.8, 4) is 11.5 Å². The molecule has 0 radical (unpaired) electrons. The zero-order valence-corrected chi connectivity index (χ0v) is 13.6. The summed E-state index contributed by atoms with van der Waals surface area (Å²) in [4.78, 5) is 12.2. The molecule has 0 fully saturated rings. The first-order valence-electron chi connectivity index (χ1n) is 7.25. The van der Waals surface area contributed by atoms with Gasteiger partial charge in [0.2, 0.25) is 5.76 Å². The van der Waals surface area contributed by atoms with Crippen LogP contribution in [-0.4, -0.2) is 24.7 Å². The molecule has 0 unspecified atom stereocenters. The van der Waals surface area contributed by atoms with Crippen LogP contribution in [0.2, 0.25) is 5.02 Å². The van der Waals surface area contributed by atoms with Crippen LogP contribution in [0, 0.1) is 0 Å². The van der Waals surface area contributed by atoms with Gasteiger partial charge in [-0.25, -0.2) is 0 Å². The second kappa shape index (κ2) is 7.33. The summed E-state index contributed by atoms with van der Waals surface area (Å²) in [6, 6.07) is 12.3. The number of hydrogen-bond acceptors (Lipinski definition) is 5. The van der Waals surface area contributed by atoms with Gasteiger partial charge in [-0.05, 0) is 18.2 Å². The van der Waals surface area contributed by atoms with E-state index in [4.69, 9.17) is 25.3 Å². The summed E-state index contributed by atoms with van der Waals surface area (Å²) in [6.45, 7) is 0.252. The molecule has 6 nitrogen and oxygen atoms in total. The lowest BCUT2D eigenvalue weighted by atomic mass is 10.1. The third kappa shape index (κ3) is 3.50. The Bertz CT molecular complexity index is 814. The van der Waals surface area contributed by atoms with E-state index in [1.807, 2.05) is 18.2 Å². The van der Waals surface area contributed by atoms with Gasteiger partial charge in [-0.15, -0.1) is 0 Å². The van der Waals surface area contributed by atoms with Crippen molar-refractivity contribution in [1.29, 1.82) is 0 Å². The van der Waals surface area contributed by atoms with E-state index in [1.165, 1.54) is 12.3 Å². The number of halogens is 1. The number of carbonyl (C=O) groups excluding carboxylic acids is 1. The van der Waals surface area contributed by atoms with Gasteiger partial charge in [-0.2, -0.15) is 0 Å². The van der Waals surface area contributed by atoms with Gasteiger partial charge in [0.25, 0.3) is 5.91 Å². The lowest BCUT2D eigenvalue weighted by molar-refractivity contribution is 0.0821. The first-order chi connectivity index (χ1) is 11.7. The van der Waals surface area contributed by atoms with E-state index in [9.17, 15) is 4.79 Å². The molecule has 3 aromatic rings. The number of nitrogens with one attached hydrogen (secondary N) is 1. The normalized spacial score (nSPS) is 12.1. The monoisotopic (exact) mass is 346 g/mol. The number of carbonyl (C=O) groups is 1. The molecule has 24 heavy (non-hydrogen) atoms. The maximum Gasteiger partial charge on any atom is 0.273 e. The van der Waals surface area contributed by atoms with E-state index >= 15 is 0 Å². The molecule has 1 aromatic carbocycles. The lowest BCUT2D eigenvalue weighted by Crippen LogP contribution is -2.29. The highest BCUT2D eigenvalue weighted by molar-refractivity contribution is 6.31. The summed E-state index contributed by atoms with van der Waals surface area (Å²) in [6.07, 6.45) is 1.16. The molecule has 0 saturated heterocycles. The van der Waals surface area contributed by atoms with Crippen molar-refractivity contribution < 1.29 is 18.5 Å². The largest absolute Gasteiger partial charge is 0.461 e. The average molecular weight is 347 g/mol. The fourth-order valence-electron chi connectivity index (χ4n) is 2.25. The minimum atomic E-state index is -0.370. The van der Waals surface area contributed by atoms with Crippen LogP contribution in [0.5, 0.6) is 0 Å². The van der Waals surface area contributed by atoms with Gasteiger partial charge in [-0.3, -0.25) is 4.79 Å². The Kier molecular flexibility index (Phi) is 4.98. The van der Waals surface area contributed by atoms with Crippen LogP contribution < -0.4 is 5.32 Å². The second-order valence-corrected chi connectivity index (χ2v) is 5.42.